The number of carbonyl (C=O) groups excluding carboxylic acids is 2. The predicted molar refractivity (Wildman–Crippen MR) is 113 cm³/mol. The van der Waals surface area contributed by atoms with Crippen LogP contribution in [0.5, 0.6) is 0 Å². The van der Waals surface area contributed by atoms with Crippen LogP contribution in [0.2, 0.25) is 0 Å². The second-order valence-corrected chi connectivity index (χ2v) is 9.45. The molecular formula is C24H38O5. The highest BCUT2D eigenvalue weighted by Crippen LogP contribution is 2.62. The van der Waals surface area contributed by atoms with Gasteiger partial charge >= 0.3 is 11.9 Å². The third-order valence-electron chi connectivity index (χ3n) is 7.73. The summed E-state index contributed by atoms with van der Waals surface area (Å²) in [6.45, 7) is 13.9. The van der Waals surface area contributed by atoms with Gasteiger partial charge in [0, 0.05) is 13.8 Å². The number of hydrogen-bond donors (Lipinski definition) is 1. The smallest absolute Gasteiger partial charge is 0.303 e. The number of aliphatic hydroxyl groups is 1. The van der Waals surface area contributed by atoms with E-state index in [0.29, 0.717) is 23.8 Å². The van der Waals surface area contributed by atoms with Crippen molar-refractivity contribution in [2.24, 2.45) is 22.7 Å². The second kappa shape index (κ2) is 9.46. The van der Waals surface area contributed by atoms with Crippen LogP contribution >= 0.6 is 0 Å². The van der Waals surface area contributed by atoms with Crippen molar-refractivity contribution in [3.63, 3.8) is 0 Å². The first-order valence-corrected chi connectivity index (χ1v) is 10.8. The van der Waals surface area contributed by atoms with E-state index in [1.165, 1.54) is 19.4 Å². The number of hydrogen-bond acceptors (Lipinski definition) is 5. The quantitative estimate of drug-likeness (QED) is 0.494. The molecular weight excluding hydrogens is 368 g/mol. The molecule has 2 fully saturated rings. The zero-order valence-corrected chi connectivity index (χ0v) is 18.8. The molecule has 0 radical (unpaired) electrons. The Morgan fingerprint density at radius 1 is 1.28 bits per heavy atom. The molecule has 0 aliphatic heterocycles. The summed E-state index contributed by atoms with van der Waals surface area (Å²) in [5.74, 6) is 0.182. The van der Waals surface area contributed by atoms with Crippen molar-refractivity contribution in [3.8, 4) is 0 Å². The van der Waals surface area contributed by atoms with Crippen molar-refractivity contribution in [2.45, 2.75) is 79.2 Å². The fraction of sp³-hybridized carbons (Fsp3) is 0.750. The summed E-state index contributed by atoms with van der Waals surface area (Å²) in [5, 5.41) is 9.96. The van der Waals surface area contributed by atoms with Crippen LogP contribution in [0, 0.1) is 22.7 Å². The largest absolute Gasteiger partial charge is 0.462 e. The van der Waals surface area contributed by atoms with Gasteiger partial charge < -0.3 is 14.6 Å². The summed E-state index contributed by atoms with van der Waals surface area (Å²) in [6, 6.07) is 0. The lowest BCUT2D eigenvalue weighted by molar-refractivity contribution is -0.149. The van der Waals surface area contributed by atoms with Gasteiger partial charge in [-0.05, 0) is 72.8 Å². The Bertz CT molecular complexity index is 666. The molecule has 5 unspecified atom stereocenters. The number of esters is 2. The van der Waals surface area contributed by atoms with E-state index < -0.39 is 6.10 Å². The fourth-order valence-electron chi connectivity index (χ4n) is 5.72. The Morgan fingerprint density at radius 3 is 2.55 bits per heavy atom. The van der Waals surface area contributed by atoms with Gasteiger partial charge in [0.15, 0.2) is 0 Å². The van der Waals surface area contributed by atoms with Gasteiger partial charge in [0.2, 0.25) is 0 Å². The fourth-order valence-corrected chi connectivity index (χ4v) is 5.72. The van der Waals surface area contributed by atoms with Crippen LogP contribution < -0.4 is 0 Å². The van der Waals surface area contributed by atoms with Gasteiger partial charge in [0.05, 0.1) is 6.61 Å². The zero-order chi connectivity index (χ0) is 21.8. The van der Waals surface area contributed by atoms with E-state index in [4.69, 9.17) is 9.47 Å². The summed E-state index contributed by atoms with van der Waals surface area (Å²) >= 11 is 0. The van der Waals surface area contributed by atoms with Crippen LogP contribution in [0.3, 0.4) is 0 Å². The van der Waals surface area contributed by atoms with Crippen LogP contribution in [0.1, 0.15) is 73.1 Å². The molecule has 2 aliphatic carbocycles. The minimum absolute atomic E-state index is 0.0494. The molecule has 2 rings (SSSR count). The molecule has 2 saturated carbocycles. The van der Waals surface area contributed by atoms with Gasteiger partial charge in [-0.25, -0.2) is 0 Å². The minimum Gasteiger partial charge on any atom is -0.462 e. The molecule has 0 bridgehead atoms. The normalized spacial score (nSPS) is 33.6. The molecule has 0 amide bonds. The maximum atomic E-state index is 11.9. The van der Waals surface area contributed by atoms with Crippen LogP contribution in [-0.2, 0) is 19.1 Å². The number of ether oxygens (including phenoxy) is 2. The van der Waals surface area contributed by atoms with Crippen molar-refractivity contribution >= 4 is 11.9 Å². The molecule has 1 N–H and O–H groups in total. The maximum absolute atomic E-state index is 11.9. The average Bonchev–Trinajstić information content (AvgIpc) is 2.63. The Kier molecular flexibility index (Phi) is 7.72. The van der Waals surface area contributed by atoms with E-state index in [0.717, 1.165) is 32.1 Å². The van der Waals surface area contributed by atoms with Gasteiger partial charge in [-0.1, -0.05) is 32.9 Å². The number of aliphatic hydroxyl groups excluding tert-OH is 1. The van der Waals surface area contributed by atoms with Crippen molar-refractivity contribution in [3.05, 3.63) is 23.8 Å². The van der Waals surface area contributed by atoms with Crippen molar-refractivity contribution in [1.29, 1.82) is 0 Å². The molecule has 0 spiro atoms. The third-order valence-corrected chi connectivity index (χ3v) is 7.73. The van der Waals surface area contributed by atoms with Gasteiger partial charge in [-0.15, -0.1) is 0 Å². The summed E-state index contributed by atoms with van der Waals surface area (Å²) < 4.78 is 10.7. The SMILES string of the molecule is C=C1CCCC2C1(C)CCC(C)C2(C)CC(OC(C)=O)C(=CCOC(C)=O)CO. The van der Waals surface area contributed by atoms with Crippen molar-refractivity contribution in [1.82, 2.24) is 0 Å². The molecule has 5 nitrogen and oxygen atoms in total. The van der Waals surface area contributed by atoms with Gasteiger partial charge in [-0.2, -0.15) is 0 Å². The second-order valence-electron chi connectivity index (χ2n) is 9.45. The average molecular weight is 407 g/mol. The predicted octanol–water partition coefficient (Wildman–Crippen LogP) is 4.59. The summed E-state index contributed by atoms with van der Waals surface area (Å²) in [7, 11) is 0. The first kappa shape index (κ1) is 23.7. The highest BCUT2D eigenvalue weighted by atomic mass is 16.5. The van der Waals surface area contributed by atoms with Crippen LogP contribution in [-0.4, -0.2) is 36.4 Å². The summed E-state index contributed by atoms with van der Waals surface area (Å²) in [6.07, 6.45) is 7.44. The molecule has 0 saturated heterocycles. The lowest BCUT2D eigenvalue weighted by Crippen LogP contribution is -2.52. The monoisotopic (exact) mass is 406 g/mol. The van der Waals surface area contributed by atoms with Crippen molar-refractivity contribution < 1.29 is 24.2 Å². The lowest BCUT2D eigenvalue weighted by Gasteiger charge is -2.59. The molecule has 0 aromatic heterocycles. The number of fused-ring (bicyclic) bond motifs is 1. The van der Waals surface area contributed by atoms with Gasteiger partial charge in [-0.3, -0.25) is 9.59 Å². The third kappa shape index (κ3) is 5.11. The van der Waals surface area contributed by atoms with Gasteiger partial charge in [0.25, 0.3) is 0 Å². The van der Waals surface area contributed by atoms with Crippen LogP contribution in [0.25, 0.3) is 0 Å². The Balaban J connectivity index is 2.34. The Morgan fingerprint density at radius 2 is 1.97 bits per heavy atom. The number of rotatable bonds is 7. The molecule has 5 atom stereocenters. The van der Waals surface area contributed by atoms with Gasteiger partial charge in [0.1, 0.15) is 12.7 Å². The van der Waals surface area contributed by atoms with E-state index in [1.807, 2.05) is 0 Å². The molecule has 164 valence electrons. The molecule has 5 heteroatoms. The summed E-state index contributed by atoms with van der Waals surface area (Å²) in [4.78, 5) is 22.9. The van der Waals surface area contributed by atoms with E-state index in [1.54, 1.807) is 6.08 Å². The molecule has 2 aliphatic rings. The highest BCUT2D eigenvalue weighted by Gasteiger charge is 2.54. The lowest BCUT2D eigenvalue weighted by atomic mass is 9.46. The first-order chi connectivity index (χ1) is 13.5. The Labute approximate surface area is 175 Å². The maximum Gasteiger partial charge on any atom is 0.303 e. The van der Waals surface area contributed by atoms with E-state index in [-0.39, 0.29) is 36.0 Å². The number of allylic oxidation sites excluding steroid dienone is 1. The molecule has 29 heavy (non-hydrogen) atoms. The summed E-state index contributed by atoms with van der Waals surface area (Å²) in [5.41, 5.74) is 2.01. The topological polar surface area (TPSA) is 72.8 Å². The number of carbonyl (C=O) groups is 2. The van der Waals surface area contributed by atoms with E-state index >= 15 is 0 Å². The standard InChI is InChI=1S/C24H38O5/c1-16-8-7-9-22-23(16,5)12-10-17(2)24(22,6)14-21(29-19(4)27)20(15-25)11-13-28-18(3)26/h11,17,21-22,25H,1,7-10,12-15H2,2-6H3. The molecule has 0 heterocycles. The van der Waals surface area contributed by atoms with Crippen LogP contribution in [0.15, 0.2) is 23.8 Å². The zero-order valence-electron chi connectivity index (χ0n) is 18.8. The van der Waals surface area contributed by atoms with E-state index in [2.05, 4.69) is 27.4 Å². The van der Waals surface area contributed by atoms with E-state index in [9.17, 15) is 14.7 Å². The van der Waals surface area contributed by atoms with Crippen LogP contribution in [0.4, 0.5) is 0 Å². The Hall–Kier alpha value is -1.62. The highest BCUT2D eigenvalue weighted by molar-refractivity contribution is 5.66. The minimum atomic E-state index is -0.530. The first-order valence-electron chi connectivity index (χ1n) is 10.8. The molecule has 0 aromatic carbocycles. The van der Waals surface area contributed by atoms with Crippen molar-refractivity contribution in [2.75, 3.05) is 13.2 Å². The molecule has 0 aromatic rings.